The first-order chi connectivity index (χ1) is 12.7. The number of thioether (sulfide) groups is 1. The number of nitrogens with one attached hydrogen (secondary N) is 1. The lowest BCUT2D eigenvalue weighted by Crippen LogP contribution is -2.12. The topological polar surface area (TPSA) is 71.5 Å². The molecule has 0 atom stereocenters. The van der Waals surface area contributed by atoms with Crippen LogP contribution in [-0.2, 0) is 31.4 Å². The molecule has 5 rings (SSSR count). The molecule has 0 fully saturated rings. The maximum atomic E-state index is 12.6. The summed E-state index contributed by atoms with van der Waals surface area (Å²) in [5.41, 5.74) is 4.87. The van der Waals surface area contributed by atoms with Gasteiger partial charge in [-0.25, -0.2) is 15.0 Å². The van der Waals surface area contributed by atoms with Gasteiger partial charge in [0.2, 0.25) is 0 Å². The quantitative estimate of drug-likeness (QED) is 0.550. The van der Waals surface area contributed by atoms with Gasteiger partial charge in [0.05, 0.1) is 11.1 Å². The zero-order chi connectivity index (χ0) is 17.7. The van der Waals surface area contributed by atoms with Crippen molar-refractivity contribution in [2.45, 2.75) is 62.8 Å². The summed E-state index contributed by atoms with van der Waals surface area (Å²) < 4.78 is 0. The summed E-state index contributed by atoms with van der Waals surface area (Å²) in [5, 5.41) is 1.61. The van der Waals surface area contributed by atoms with E-state index < -0.39 is 0 Å². The van der Waals surface area contributed by atoms with Crippen LogP contribution in [0.2, 0.25) is 0 Å². The molecule has 7 heteroatoms. The molecule has 5 nitrogen and oxygen atoms in total. The minimum absolute atomic E-state index is 0.0102. The van der Waals surface area contributed by atoms with E-state index in [9.17, 15) is 4.79 Å². The summed E-state index contributed by atoms with van der Waals surface area (Å²) in [6.07, 6.45) is 7.81. The number of fused-ring (bicyclic) bond motifs is 4. The summed E-state index contributed by atoms with van der Waals surface area (Å²) in [4.78, 5) is 31.9. The third kappa shape index (κ3) is 2.77. The number of rotatable bonds is 3. The summed E-state index contributed by atoms with van der Waals surface area (Å²) in [6.45, 7) is 2.07. The number of aryl methyl sites for hydroxylation is 4. The van der Waals surface area contributed by atoms with E-state index in [1.807, 2.05) is 0 Å². The van der Waals surface area contributed by atoms with Crippen molar-refractivity contribution in [2.24, 2.45) is 0 Å². The molecule has 3 heterocycles. The summed E-state index contributed by atoms with van der Waals surface area (Å²) in [6, 6.07) is 0. The van der Waals surface area contributed by atoms with Crippen LogP contribution in [0, 0.1) is 6.92 Å². The molecule has 3 aromatic rings. The molecule has 26 heavy (non-hydrogen) atoms. The predicted octanol–water partition coefficient (Wildman–Crippen LogP) is 3.74. The van der Waals surface area contributed by atoms with Gasteiger partial charge in [-0.1, -0.05) is 11.8 Å². The fourth-order valence-corrected chi connectivity index (χ4v) is 6.13. The van der Waals surface area contributed by atoms with Crippen molar-refractivity contribution in [1.82, 2.24) is 19.9 Å². The van der Waals surface area contributed by atoms with Crippen molar-refractivity contribution in [3.05, 3.63) is 43.6 Å². The lowest BCUT2D eigenvalue weighted by atomic mass is 9.97. The highest BCUT2D eigenvalue weighted by molar-refractivity contribution is 7.98. The van der Waals surface area contributed by atoms with Crippen LogP contribution in [0.4, 0.5) is 0 Å². The molecule has 0 radical (unpaired) electrons. The second kappa shape index (κ2) is 6.46. The first-order valence-corrected chi connectivity index (χ1v) is 11.0. The van der Waals surface area contributed by atoms with Gasteiger partial charge in [-0.2, -0.15) is 0 Å². The molecule has 0 saturated carbocycles. The van der Waals surface area contributed by atoms with Gasteiger partial charge in [0.1, 0.15) is 10.7 Å². The van der Waals surface area contributed by atoms with Crippen molar-refractivity contribution in [3.63, 3.8) is 0 Å². The number of hydrogen-bond acceptors (Lipinski definition) is 6. The summed E-state index contributed by atoms with van der Waals surface area (Å²) in [5.74, 6) is 1.30. The molecular weight excluding hydrogens is 364 g/mol. The zero-order valence-electron chi connectivity index (χ0n) is 14.7. The van der Waals surface area contributed by atoms with Crippen LogP contribution in [-0.4, -0.2) is 19.9 Å². The molecule has 0 spiro atoms. The Labute approximate surface area is 159 Å². The van der Waals surface area contributed by atoms with Crippen LogP contribution in [0.3, 0.4) is 0 Å². The van der Waals surface area contributed by atoms with E-state index in [1.54, 1.807) is 23.1 Å². The Morgan fingerprint density at radius 1 is 1.04 bits per heavy atom. The lowest BCUT2D eigenvalue weighted by Gasteiger charge is -2.09. The SMILES string of the molecule is Cc1nc(SCc2nc3sc4c(c3c(=O)[nH]2)CCCC4)nc2c1CCC2. The molecule has 134 valence electrons. The van der Waals surface area contributed by atoms with Crippen molar-refractivity contribution in [2.75, 3.05) is 0 Å². The van der Waals surface area contributed by atoms with Gasteiger partial charge in [-0.05, 0) is 63.0 Å². The number of aromatic amines is 1. The minimum atomic E-state index is 0.0102. The Hall–Kier alpha value is -1.73. The summed E-state index contributed by atoms with van der Waals surface area (Å²) in [7, 11) is 0. The molecule has 0 saturated heterocycles. The number of nitrogens with zero attached hydrogens (tertiary/aromatic N) is 3. The van der Waals surface area contributed by atoms with Crippen LogP contribution in [0.1, 0.15) is 52.5 Å². The van der Waals surface area contributed by atoms with E-state index in [2.05, 4.69) is 16.9 Å². The van der Waals surface area contributed by atoms with E-state index in [-0.39, 0.29) is 5.56 Å². The van der Waals surface area contributed by atoms with E-state index in [0.29, 0.717) is 11.6 Å². The molecule has 0 bridgehead atoms. The average Bonchev–Trinajstić information content (AvgIpc) is 3.24. The number of hydrogen-bond donors (Lipinski definition) is 1. The molecular formula is C19H20N4OS2. The first-order valence-electron chi connectivity index (χ1n) is 9.21. The van der Waals surface area contributed by atoms with Crippen LogP contribution >= 0.6 is 23.1 Å². The van der Waals surface area contributed by atoms with E-state index in [4.69, 9.17) is 9.97 Å². The maximum absolute atomic E-state index is 12.6. The monoisotopic (exact) mass is 384 g/mol. The van der Waals surface area contributed by atoms with Crippen LogP contribution in [0.25, 0.3) is 10.2 Å². The fraction of sp³-hybridized carbons (Fsp3) is 0.474. The third-order valence-corrected chi connectivity index (χ3v) is 7.38. The molecule has 0 aliphatic heterocycles. The van der Waals surface area contributed by atoms with Gasteiger partial charge in [0.15, 0.2) is 5.16 Å². The highest BCUT2D eigenvalue weighted by Crippen LogP contribution is 2.34. The molecule has 3 aromatic heterocycles. The predicted molar refractivity (Wildman–Crippen MR) is 105 cm³/mol. The standard InChI is InChI=1S/C19H20N4OS2/c1-10-11-6-4-7-13(11)21-19(20-10)25-9-15-22-17(24)16-12-5-2-3-8-14(12)26-18(16)23-15/h2-9H2,1H3,(H,22,23,24). The molecule has 2 aliphatic rings. The van der Waals surface area contributed by atoms with Crippen molar-refractivity contribution in [1.29, 1.82) is 0 Å². The van der Waals surface area contributed by atoms with Crippen LogP contribution in [0.15, 0.2) is 9.95 Å². The average molecular weight is 385 g/mol. The number of H-pyrrole nitrogens is 1. The Morgan fingerprint density at radius 3 is 2.81 bits per heavy atom. The minimum Gasteiger partial charge on any atom is -0.309 e. The molecule has 0 amide bonds. The van der Waals surface area contributed by atoms with Gasteiger partial charge in [-0.15, -0.1) is 11.3 Å². The second-order valence-electron chi connectivity index (χ2n) is 7.06. The fourth-order valence-electron chi connectivity index (χ4n) is 4.07. The third-order valence-electron chi connectivity index (χ3n) is 5.33. The Morgan fingerprint density at radius 2 is 1.88 bits per heavy atom. The molecule has 2 aliphatic carbocycles. The normalized spacial score (nSPS) is 16.0. The van der Waals surface area contributed by atoms with Crippen molar-refractivity contribution < 1.29 is 0 Å². The van der Waals surface area contributed by atoms with Gasteiger partial charge in [-0.3, -0.25) is 4.79 Å². The first kappa shape index (κ1) is 16.4. The number of thiophene rings is 1. The molecule has 1 N–H and O–H groups in total. The van der Waals surface area contributed by atoms with E-state index in [0.717, 1.165) is 46.8 Å². The van der Waals surface area contributed by atoms with Gasteiger partial charge in [0.25, 0.3) is 5.56 Å². The molecule has 0 aromatic carbocycles. The molecule has 0 unspecified atom stereocenters. The van der Waals surface area contributed by atoms with Crippen LogP contribution in [0.5, 0.6) is 0 Å². The second-order valence-corrected chi connectivity index (χ2v) is 9.09. The zero-order valence-corrected chi connectivity index (χ0v) is 16.4. The van der Waals surface area contributed by atoms with Gasteiger partial charge >= 0.3 is 0 Å². The van der Waals surface area contributed by atoms with E-state index >= 15 is 0 Å². The van der Waals surface area contributed by atoms with Gasteiger partial charge in [0, 0.05) is 16.3 Å². The van der Waals surface area contributed by atoms with Gasteiger partial charge < -0.3 is 4.98 Å². The number of aromatic nitrogens is 4. The highest BCUT2D eigenvalue weighted by Gasteiger charge is 2.20. The van der Waals surface area contributed by atoms with E-state index in [1.165, 1.54) is 41.0 Å². The largest absolute Gasteiger partial charge is 0.309 e. The lowest BCUT2D eigenvalue weighted by molar-refractivity contribution is 0.700. The van der Waals surface area contributed by atoms with Crippen molar-refractivity contribution >= 4 is 33.3 Å². The van der Waals surface area contributed by atoms with Crippen molar-refractivity contribution in [3.8, 4) is 0 Å². The Kier molecular flexibility index (Phi) is 4.09. The van der Waals surface area contributed by atoms with Crippen LogP contribution < -0.4 is 5.56 Å². The highest BCUT2D eigenvalue weighted by atomic mass is 32.2. The maximum Gasteiger partial charge on any atom is 0.259 e. The Bertz CT molecular complexity index is 1070. The smallest absolute Gasteiger partial charge is 0.259 e. The summed E-state index contributed by atoms with van der Waals surface area (Å²) >= 11 is 3.25. The Balaban J connectivity index is 1.43.